The lowest BCUT2D eigenvalue weighted by Gasteiger charge is -2.05. The van der Waals surface area contributed by atoms with Crippen LogP contribution in [-0.4, -0.2) is 9.55 Å². The van der Waals surface area contributed by atoms with Gasteiger partial charge in [0.2, 0.25) is 0 Å². The standard InChI is InChI=1S/C17H18N2/c1-12(2)17-18-15-10-9-14(11-16(15)19(17)3)13-7-5-4-6-8-13/h4-12H,1-3H3. The number of aryl methyl sites for hydroxylation is 1. The number of benzene rings is 2. The fraction of sp³-hybridized carbons (Fsp3) is 0.235. The minimum absolute atomic E-state index is 0.442. The lowest BCUT2D eigenvalue weighted by atomic mass is 10.1. The molecule has 3 rings (SSSR count). The van der Waals surface area contributed by atoms with Crippen LogP contribution in [-0.2, 0) is 7.05 Å². The molecule has 0 spiro atoms. The molecule has 19 heavy (non-hydrogen) atoms. The fourth-order valence-electron chi connectivity index (χ4n) is 2.54. The fourth-order valence-corrected chi connectivity index (χ4v) is 2.54. The molecule has 0 atom stereocenters. The predicted molar refractivity (Wildman–Crippen MR) is 80.2 cm³/mol. The molecule has 0 aliphatic heterocycles. The second-order valence-electron chi connectivity index (χ2n) is 5.25. The molecular formula is C17H18N2. The molecule has 3 aromatic rings. The predicted octanol–water partition coefficient (Wildman–Crippen LogP) is 4.36. The molecule has 0 radical (unpaired) electrons. The van der Waals surface area contributed by atoms with E-state index < -0.39 is 0 Å². The molecule has 0 unspecified atom stereocenters. The van der Waals surface area contributed by atoms with E-state index in [-0.39, 0.29) is 0 Å². The zero-order chi connectivity index (χ0) is 13.4. The molecule has 0 N–H and O–H groups in total. The monoisotopic (exact) mass is 250 g/mol. The number of nitrogens with zero attached hydrogens (tertiary/aromatic N) is 2. The Morgan fingerprint density at radius 3 is 2.37 bits per heavy atom. The Balaban J connectivity index is 2.18. The second kappa shape index (κ2) is 4.54. The molecule has 0 saturated heterocycles. The van der Waals surface area contributed by atoms with E-state index in [1.165, 1.54) is 16.6 Å². The molecule has 0 saturated carbocycles. The van der Waals surface area contributed by atoms with Crippen LogP contribution in [0, 0.1) is 0 Å². The third-order valence-electron chi connectivity index (χ3n) is 3.54. The van der Waals surface area contributed by atoms with E-state index in [0.29, 0.717) is 5.92 Å². The van der Waals surface area contributed by atoms with E-state index in [0.717, 1.165) is 11.3 Å². The van der Waals surface area contributed by atoms with Crippen LogP contribution in [0.4, 0.5) is 0 Å². The van der Waals surface area contributed by atoms with E-state index in [1.807, 2.05) is 6.07 Å². The quantitative estimate of drug-likeness (QED) is 0.660. The van der Waals surface area contributed by atoms with Crippen LogP contribution in [0.2, 0.25) is 0 Å². The average Bonchev–Trinajstić information content (AvgIpc) is 2.77. The number of hydrogen-bond acceptors (Lipinski definition) is 1. The van der Waals surface area contributed by atoms with Gasteiger partial charge < -0.3 is 4.57 Å². The molecule has 1 aromatic heterocycles. The first-order chi connectivity index (χ1) is 9.16. The Labute approximate surface area is 113 Å². The first-order valence-electron chi connectivity index (χ1n) is 6.68. The summed E-state index contributed by atoms with van der Waals surface area (Å²) < 4.78 is 2.20. The molecule has 0 bridgehead atoms. The van der Waals surface area contributed by atoms with Crippen molar-refractivity contribution < 1.29 is 0 Å². The maximum atomic E-state index is 4.71. The lowest BCUT2D eigenvalue weighted by molar-refractivity contribution is 0.722. The largest absolute Gasteiger partial charge is 0.331 e. The second-order valence-corrected chi connectivity index (χ2v) is 5.25. The number of aromatic nitrogens is 2. The van der Waals surface area contributed by atoms with Gasteiger partial charge in [0.25, 0.3) is 0 Å². The van der Waals surface area contributed by atoms with E-state index in [1.54, 1.807) is 0 Å². The van der Waals surface area contributed by atoms with E-state index in [2.05, 4.69) is 67.9 Å². The van der Waals surface area contributed by atoms with E-state index >= 15 is 0 Å². The topological polar surface area (TPSA) is 17.8 Å². The Morgan fingerprint density at radius 2 is 1.68 bits per heavy atom. The van der Waals surface area contributed by atoms with Gasteiger partial charge in [0, 0.05) is 13.0 Å². The first kappa shape index (κ1) is 12.0. The third kappa shape index (κ3) is 2.03. The minimum atomic E-state index is 0.442. The SMILES string of the molecule is CC(C)c1nc2ccc(-c3ccccc3)cc2n1C. The van der Waals surface area contributed by atoms with Crippen molar-refractivity contribution in [1.82, 2.24) is 9.55 Å². The summed E-state index contributed by atoms with van der Waals surface area (Å²) in [5.74, 6) is 1.58. The van der Waals surface area contributed by atoms with Crippen molar-refractivity contribution in [3.8, 4) is 11.1 Å². The smallest absolute Gasteiger partial charge is 0.112 e. The summed E-state index contributed by atoms with van der Waals surface area (Å²) in [4.78, 5) is 4.71. The zero-order valence-electron chi connectivity index (χ0n) is 11.6. The van der Waals surface area contributed by atoms with Gasteiger partial charge in [-0.1, -0.05) is 50.2 Å². The van der Waals surface area contributed by atoms with Gasteiger partial charge in [-0.05, 0) is 23.3 Å². The van der Waals surface area contributed by atoms with Crippen LogP contribution < -0.4 is 0 Å². The number of hydrogen-bond donors (Lipinski definition) is 0. The molecule has 1 heterocycles. The number of imidazole rings is 1. The van der Waals surface area contributed by atoms with Crippen LogP contribution in [0.1, 0.15) is 25.6 Å². The third-order valence-corrected chi connectivity index (χ3v) is 3.54. The van der Waals surface area contributed by atoms with Gasteiger partial charge in [0.15, 0.2) is 0 Å². The maximum Gasteiger partial charge on any atom is 0.112 e. The summed E-state index contributed by atoms with van der Waals surface area (Å²) >= 11 is 0. The highest BCUT2D eigenvalue weighted by atomic mass is 15.1. The van der Waals surface area contributed by atoms with Gasteiger partial charge in [-0.25, -0.2) is 4.98 Å². The lowest BCUT2D eigenvalue weighted by Crippen LogP contribution is -1.99. The van der Waals surface area contributed by atoms with Crippen molar-refractivity contribution in [2.45, 2.75) is 19.8 Å². The van der Waals surface area contributed by atoms with Crippen molar-refractivity contribution in [2.24, 2.45) is 7.05 Å². The summed E-state index contributed by atoms with van der Waals surface area (Å²) in [6.07, 6.45) is 0. The molecular weight excluding hydrogens is 232 g/mol. The summed E-state index contributed by atoms with van der Waals surface area (Å²) in [6.45, 7) is 4.36. The Kier molecular flexibility index (Phi) is 2.86. The van der Waals surface area contributed by atoms with Crippen molar-refractivity contribution in [1.29, 1.82) is 0 Å². The van der Waals surface area contributed by atoms with Gasteiger partial charge in [0.05, 0.1) is 11.0 Å². The Morgan fingerprint density at radius 1 is 0.947 bits per heavy atom. The van der Waals surface area contributed by atoms with E-state index in [9.17, 15) is 0 Å². The summed E-state index contributed by atoms with van der Waals surface area (Å²) in [5, 5.41) is 0. The number of rotatable bonds is 2. The van der Waals surface area contributed by atoms with Gasteiger partial charge in [-0.3, -0.25) is 0 Å². The van der Waals surface area contributed by atoms with Gasteiger partial charge >= 0.3 is 0 Å². The van der Waals surface area contributed by atoms with Crippen LogP contribution in [0.25, 0.3) is 22.2 Å². The first-order valence-corrected chi connectivity index (χ1v) is 6.68. The van der Waals surface area contributed by atoms with Crippen molar-refractivity contribution in [3.63, 3.8) is 0 Å². The highest BCUT2D eigenvalue weighted by Crippen LogP contribution is 2.26. The van der Waals surface area contributed by atoms with Crippen molar-refractivity contribution >= 4 is 11.0 Å². The van der Waals surface area contributed by atoms with Crippen molar-refractivity contribution in [2.75, 3.05) is 0 Å². The van der Waals surface area contributed by atoms with Crippen LogP contribution >= 0.6 is 0 Å². The molecule has 96 valence electrons. The number of fused-ring (bicyclic) bond motifs is 1. The van der Waals surface area contributed by atoms with Crippen LogP contribution in [0.5, 0.6) is 0 Å². The highest BCUT2D eigenvalue weighted by Gasteiger charge is 2.11. The molecule has 0 fully saturated rings. The summed E-state index contributed by atoms with van der Waals surface area (Å²) in [5.41, 5.74) is 4.76. The highest BCUT2D eigenvalue weighted by molar-refractivity contribution is 5.82. The summed E-state index contributed by atoms with van der Waals surface area (Å²) in [6, 6.07) is 17.0. The van der Waals surface area contributed by atoms with Crippen LogP contribution in [0.15, 0.2) is 48.5 Å². The van der Waals surface area contributed by atoms with Crippen molar-refractivity contribution in [3.05, 3.63) is 54.4 Å². The molecule has 0 aliphatic carbocycles. The average molecular weight is 250 g/mol. The van der Waals surface area contributed by atoms with Gasteiger partial charge in [-0.2, -0.15) is 0 Å². The van der Waals surface area contributed by atoms with Crippen LogP contribution in [0.3, 0.4) is 0 Å². The molecule has 0 aliphatic rings. The molecule has 2 aromatic carbocycles. The summed E-state index contributed by atoms with van der Waals surface area (Å²) in [7, 11) is 2.10. The Hall–Kier alpha value is -2.09. The molecule has 2 nitrogen and oxygen atoms in total. The molecule has 2 heteroatoms. The normalized spacial score (nSPS) is 11.4. The molecule has 0 amide bonds. The van der Waals surface area contributed by atoms with Gasteiger partial charge in [0.1, 0.15) is 5.82 Å². The zero-order valence-corrected chi connectivity index (χ0v) is 11.6. The van der Waals surface area contributed by atoms with E-state index in [4.69, 9.17) is 4.98 Å². The van der Waals surface area contributed by atoms with Gasteiger partial charge in [-0.15, -0.1) is 0 Å². The minimum Gasteiger partial charge on any atom is -0.331 e. The Bertz CT molecular complexity index is 709. The maximum absolute atomic E-state index is 4.71.